The summed E-state index contributed by atoms with van der Waals surface area (Å²) in [7, 11) is 1.57. The summed E-state index contributed by atoms with van der Waals surface area (Å²) in [4.78, 5) is 10.7. The van der Waals surface area contributed by atoms with Crippen molar-refractivity contribution in [2.75, 3.05) is 13.7 Å². The van der Waals surface area contributed by atoms with Crippen LogP contribution in [-0.4, -0.2) is 35.9 Å². The van der Waals surface area contributed by atoms with Gasteiger partial charge in [-0.25, -0.2) is 4.79 Å². The van der Waals surface area contributed by atoms with Crippen molar-refractivity contribution in [3.8, 4) is 17.6 Å². The van der Waals surface area contributed by atoms with Crippen molar-refractivity contribution in [1.29, 1.82) is 5.26 Å². The molecule has 140 valence electrons. The van der Waals surface area contributed by atoms with Gasteiger partial charge in [-0.1, -0.05) is 6.07 Å². The van der Waals surface area contributed by atoms with E-state index in [0.29, 0.717) is 36.9 Å². The van der Waals surface area contributed by atoms with E-state index in [1.165, 1.54) is 12.8 Å². The molecule has 0 unspecified atom stereocenters. The van der Waals surface area contributed by atoms with E-state index in [-0.39, 0.29) is 12.8 Å². The first-order valence-electron chi connectivity index (χ1n) is 8.77. The summed E-state index contributed by atoms with van der Waals surface area (Å²) in [5.41, 5.74) is -0.0399. The Morgan fingerprint density at radius 3 is 2.50 bits per heavy atom. The molecule has 26 heavy (non-hydrogen) atoms. The Morgan fingerprint density at radius 1 is 1.27 bits per heavy atom. The minimum atomic E-state index is -1.73. The predicted molar refractivity (Wildman–Crippen MR) is 91.0 cm³/mol. The molecule has 1 aromatic rings. The van der Waals surface area contributed by atoms with Gasteiger partial charge in [0, 0.05) is 12.8 Å². The highest BCUT2D eigenvalue weighted by Crippen LogP contribution is 2.45. The van der Waals surface area contributed by atoms with Gasteiger partial charge in [-0.05, 0) is 49.3 Å². The third kappa shape index (κ3) is 3.86. The Labute approximate surface area is 152 Å². The van der Waals surface area contributed by atoms with Gasteiger partial charge in [0.1, 0.15) is 0 Å². The fraction of sp³-hybridized carbons (Fsp3) is 0.579. The molecule has 2 aliphatic carbocycles. The maximum atomic E-state index is 10.7. The number of ether oxygens (including phenoxy) is 3. The van der Waals surface area contributed by atoms with Crippen molar-refractivity contribution in [3.63, 3.8) is 0 Å². The Balaban J connectivity index is 1.80. The number of methoxy groups -OCH3 is 1. The van der Waals surface area contributed by atoms with Crippen LogP contribution >= 0.6 is 0 Å². The van der Waals surface area contributed by atoms with Crippen LogP contribution in [0.4, 0.5) is 4.79 Å². The summed E-state index contributed by atoms with van der Waals surface area (Å²) in [5, 5.41) is 28.8. The summed E-state index contributed by atoms with van der Waals surface area (Å²) in [6, 6.07) is 7.79. The molecular weight excluding hydrogens is 338 g/mol. The maximum absolute atomic E-state index is 10.7. The number of carboxylic acid groups (broad SMARTS) is 1. The average Bonchev–Trinajstić information content (AvgIpc) is 3.44. The zero-order chi connectivity index (χ0) is 18.8. The zero-order valence-electron chi connectivity index (χ0n) is 14.7. The van der Waals surface area contributed by atoms with Gasteiger partial charge in [0.25, 0.3) is 0 Å². The Bertz CT molecular complexity index is 713. The van der Waals surface area contributed by atoms with Crippen LogP contribution in [0.25, 0.3) is 0 Å². The summed E-state index contributed by atoms with van der Waals surface area (Å²) in [6.07, 6.45) is 1.55. The fourth-order valence-electron chi connectivity index (χ4n) is 3.38. The van der Waals surface area contributed by atoms with E-state index >= 15 is 0 Å². The van der Waals surface area contributed by atoms with Crippen molar-refractivity contribution in [2.45, 2.75) is 49.7 Å². The van der Waals surface area contributed by atoms with Crippen LogP contribution in [0.2, 0.25) is 0 Å². The first kappa shape index (κ1) is 18.3. The average molecular weight is 361 g/mol. The number of hydrogen-bond donors (Lipinski definition) is 2. The molecular formula is C19H23NO6. The molecule has 0 aromatic heterocycles. The van der Waals surface area contributed by atoms with E-state index < -0.39 is 17.4 Å². The SMILES string of the molecule is COc1ccc(C2(C#N)CCC(O)(OC(=O)O)CC2)cc1OCC1CC1. The van der Waals surface area contributed by atoms with Gasteiger partial charge in [0.15, 0.2) is 11.5 Å². The number of nitrogens with zero attached hydrogens (tertiary/aromatic N) is 1. The molecule has 1 aromatic carbocycles. The molecule has 2 fully saturated rings. The van der Waals surface area contributed by atoms with E-state index in [2.05, 4.69) is 10.8 Å². The zero-order valence-corrected chi connectivity index (χ0v) is 14.7. The second kappa shape index (κ2) is 7.04. The number of hydrogen-bond acceptors (Lipinski definition) is 6. The smallest absolute Gasteiger partial charge is 0.493 e. The van der Waals surface area contributed by atoms with Gasteiger partial charge in [0.2, 0.25) is 5.79 Å². The number of rotatable bonds is 6. The van der Waals surface area contributed by atoms with Gasteiger partial charge < -0.3 is 24.4 Å². The molecule has 0 aliphatic heterocycles. The van der Waals surface area contributed by atoms with Gasteiger partial charge in [-0.15, -0.1) is 0 Å². The van der Waals surface area contributed by atoms with Crippen molar-refractivity contribution in [3.05, 3.63) is 23.8 Å². The van der Waals surface area contributed by atoms with Crippen LogP contribution in [-0.2, 0) is 10.2 Å². The van der Waals surface area contributed by atoms with Gasteiger partial charge in [0.05, 0.1) is 25.2 Å². The summed E-state index contributed by atoms with van der Waals surface area (Å²) in [5.74, 6) is 0.0774. The van der Waals surface area contributed by atoms with Crippen molar-refractivity contribution >= 4 is 6.16 Å². The van der Waals surface area contributed by atoms with Crippen molar-refractivity contribution < 1.29 is 29.2 Å². The lowest BCUT2D eigenvalue weighted by molar-refractivity contribution is -0.195. The quantitative estimate of drug-likeness (QED) is 0.591. The largest absolute Gasteiger partial charge is 0.508 e. The Hall–Kier alpha value is -2.46. The highest BCUT2D eigenvalue weighted by atomic mass is 16.7. The predicted octanol–water partition coefficient (Wildman–Crippen LogP) is 3.20. The molecule has 2 aliphatic rings. The lowest BCUT2D eigenvalue weighted by Gasteiger charge is -2.39. The molecule has 3 rings (SSSR count). The molecule has 7 heteroatoms. The van der Waals surface area contributed by atoms with E-state index in [0.717, 1.165) is 5.56 Å². The Morgan fingerprint density at radius 2 is 1.96 bits per heavy atom. The highest BCUT2D eigenvalue weighted by Gasteiger charge is 2.45. The van der Waals surface area contributed by atoms with Crippen molar-refractivity contribution in [1.82, 2.24) is 0 Å². The molecule has 0 spiro atoms. The molecule has 0 atom stereocenters. The van der Waals surface area contributed by atoms with E-state index in [1.807, 2.05) is 12.1 Å². The maximum Gasteiger partial charge on any atom is 0.508 e. The van der Waals surface area contributed by atoms with Crippen LogP contribution in [0.5, 0.6) is 11.5 Å². The van der Waals surface area contributed by atoms with E-state index in [4.69, 9.17) is 14.6 Å². The topological polar surface area (TPSA) is 109 Å². The summed E-state index contributed by atoms with van der Waals surface area (Å²) >= 11 is 0. The standard InChI is InChI=1S/C19H23NO6/c1-24-15-5-4-14(10-16(15)25-11-13-2-3-13)18(12-20)6-8-19(23,9-7-18)26-17(21)22/h4-5,10,13,23H,2-3,6-9,11H2,1H3,(H,21,22). The second-order valence-electron chi connectivity index (χ2n) is 7.13. The molecule has 0 radical (unpaired) electrons. The van der Waals surface area contributed by atoms with Crippen LogP contribution in [0.3, 0.4) is 0 Å². The number of aliphatic hydroxyl groups is 1. The van der Waals surface area contributed by atoms with E-state index in [1.54, 1.807) is 13.2 Å². The minimum absolute atomic E-state index is 0.0666. The van der Waals surface area contributed by atoms with Gasteiger partial charge in [-0.3, -0.25) is 0 Å². The van der Waals surface area contributed by atoms with Gasteiger partial charge in [-0.2, -0.15) is 5.26 Å². The van der Waals surface area contributed by atoms with Crippen molar-refractivity contribution in [2.24, 2.45) is 5.92 Å². The summed E-state index contributed by atoms with van der Waals surface area (Å²) in [6.45, 7) is 0.631. The molecule has 2 saturated carbocycles. The lowest BCUT2D eigenvalue weighted by atomic mass is 9.68. The second-order valence-corrected chi connectivity index (χ2v) is 7.13. The fourth-order valence-corrected chi connectivity index (χ4v) is 3.38. The molecule has 2 N–H and O–H groups in total. The number of carbonyl (C=O) groups is 1. The van der Waals surface area contributed by atoms with Crippen LogP contribution in [0.1, 0.15) is 44.1 Å². The normalized spacial score (nSPS) is 28.0. The number of nitriles is 1. The Kier molecular flexibility index (Phi) is 4.97. The third-order valence-electron chi connectivity index (χ3n) is 5.26. The van der Waals surface area contributed by atoms with Crippen LogP contribution in [0.15, 0.2) is 18.2 Å². The summed E-state index contributed by atoms with van der Waals surface area (Å²) < 4.78 is 15.8. The molecule has 7 nitrogen and oxygen atoms in total. The van der Waals surface area contributed by atoms with Gasteiger partial charge >= 0.3 is 6.16 Å². The molecule has 0 bridgehead atoms. The minimum Gasteiger partial charge on any atom is -0.493 e. The third-order valence-corrected chi connectivity index (χ3v) is 5.26. The van der Waals surface area contributed by atoms with Crippen LogP contribution < -0.4 is 9.47 Å². The van der Waals surface area contributed by atoms with Crippen LogP contribution in [0, 0.1) is 17.2 Å². The monoisotopic (exact) mass is 361 g/mol. The number of benzene rings is 1. The first-order valence-corrected chi connectivity index (χ1v) is 8.77. The first-order chi connectivity index (χ1) is 12.4. The molecule has 0 heterocycles. The lowest BCUT2D eigenvalue weighted by Crippen LogP contribution is -2.43. The highest BCUT2D eigenvalue weighted by molar-refractivity contribution is 5.57. The molecule has 0 saturated heterocycles. The molecule has 0 amide bonds. The van der Waals surface area contributed by atoms with E-state index in [9.17, 15) is 15.2 Å².